The Morgan fingerprint density at radius 3 is 2.52 bits per heavy atom. The molecule has 0 fully saturated rings. The van der Waals surface area contributed by atoms with Gasteiger partial charge in [-0.25, -0.2) is 4.57 Å². The lowest BCUT2D eigenvalue weighted by Crippen LogP contribution is -2.40. The molecule has 1 aromatic carbocycles. The average molecular weight is 349 g/mol. The third-order valence-corrected chi connectivity index (χ3v) is 3.27. The number of carbonyl (C=O) groups is 1. The van der Waals surface area contributed by atoms with Gasteiger partial charge in [-0.05, 0) is 29.2 Å². The highest BCUT2D eigenvalue weighted by Gasteiger charge is 2.17. The van der Waals surface area contributed by atoms with Gasteiger partial charge in [-0.3, -0.25) is 4.79 Å². The molecule has 1 N–H and O–H groups in total. The van der Waals surface area contributed by atoms with Crippen molar-refractivity contribution in [2.24, 2.45) is 7.05 Å². The number of hydrogen-bond donors (Lipinski definition) is 1. The minimum atomic E-state index is -0.704. The summed E-state index contributed by atoms with van der Waals surface area (Å²) in [6.45, 7) is -0.0670. The van der Waals surface area contributed by atoms with E-state index in [0.29, 0.717) is 17.1 Å². The molecule has 0 unspecified atom stereocenters. The van der Waals surface area contributed by atoms with Crippen LogP contribution in [0.1, 0.15) is 5.69 Å². The zero-order valence-corrected chi connectivity index (χ0v) is 14.1. The Balaban J connectivity index is 1.92. The molecule has 1 heterocycles. The first-order valence-corrected chi connectivity index (χ1v) is 7.37. The number of imidazole rings is 1. The molecule has 0 spiro atoms. The summed E-state index contributed by atoms with van der Waals surface area (Å²) in [5.41, 5.74) is 1.10. The van der Waals surface area contributed by atoms with Crippen molar-refractivity contribution in [2.45, 2.75) is 6.61 Å². The number of hydrogen-bond acceptors (Lipinski definition) is 6. The molecule has 0 saturated heterocycles. The molecule has 2 aromatic rings. The van der Waals surface area contributed by atoms with Crippen molar-refractivity contribution in [1.82, 2.24) is 9.55 Å². The van der Waals surface area contributed by atoms with E-state index in [1.54, 1.807) is 31.3 Å². The molecule has 10 nitrogen and oxygen atoms in total. The van der Waals surface area contributed by atoms with Crippen LogP contribution in [0.25, 0.3) is 0 Å². The van der Waals surface area contributed by atoms with Gasteiger partial charge in [-0.15, -0.1) is 0 Å². The van der Waals surface area contributed by atoms with Crippen LogP contribution in [0.15, 0.2) is 30.5 Å². The van der Waals surface area contributed by atoms with E-state index < -0.39 is 9.57 Å². The van der Waals surface area contributed by atoms with E-state index in [0.717, 1.165) is 0 Å². The number of benzene rings is 1. The van der Waals surface area contributed by atoms with Crippen LogP contribution in [0, 0.1) is 15.3 Å². The van der Waals surface area contributed by atoms with E-state index in [-0.39, 0.29) is 25.0 Å². The van der Waals surface area contributed by atoms with E-state index in [1.165, 1.54) is 24.9 Å². The summed E-state index contributed by atoms with van der Waals surface area (Å²) in [7, 11) is 4.32. The Morgan fingerprint density at radius 2 is 2.00 bits per heavy atom. The maximum absolute atomic E-state index is 11.7. The van der Waals surface area contributed by atoms with Gasteiger partial charge in [0.05, 0.1) is 21.1 Å². The number of nitrogens with zero attached hydrogens (tertiary/aromatic N) is 4. The van der Waals surface area contributed by atoms with Gasteiger partial charge in [0.15, 0.2) is 12.2 Å². The summed E-state index contributed by atoms with van der Waals surface area (Å²) in [6, 6.07) is 6.59. The number of likely N-dealkylation sites (N-methyl/N-ethyl adjacent to an activating group) is 1. The lowest BCUT2D eigenvalue weighted by atomic mass is 10.3. The highest BCUT2D eigenvalue weighted by molar-refractivity contribution is 5.91. The summed E-state index contributed by atoms with van der Waals surface area (Å²) in [5.74, 6) is -0.103. The van der Waals surface area contributed by atoms with Crippen molar-refractivity contribution < 1.29 is 19.1 Å². The van der Waals surface area contributed by atoms with Gasteiger partial charge in [-0.1, -0.05) is 4.98 Å². The minimum Gasteiger partial charge on any atom is -0.633 e. The summed E-state index contributed by atoms with van der Waals surface area (Å²) in [4.78, 5) is 25.6. The molecule has 0 saturated carbocycles. The fourth-order valence-corrected chi connectivity index (χ4v) is 2.08. The highest BCUT2D eigenvalue weighted by Crippen LogP contribution is 2.18. The average Bonchev–Trinajstić information content (AvgIpc) is 2.86. The Hall–Kier alpha value is -2.98. The standard InChI is InChI=1S/C15H19N5O5/c1-18-12(8-16-15(18)19(22)23)10-25-13-6-4-11(5-7-13)17-14(21)9-20(2,3)24/h4-8H,9-10H2,1-3H3,(H,17,21). The number of carbonyl (C=O) groups excluding carboxylic acids is 1. The molecule has 0 aliphatic rings. The third-order valence-electron chi connectivity index (χ3n) is 3.27. The van der Waals surface area contributed by atoms with Crippen molar-refractivity contribution in [2.75, 3.05) is 26.0 Å². The van der Waals surface area contributed by atoms with Gasteiger partial charge in [0.25, 0.3) is 5.91 Å². The molecule has 1 aromatic heterocycles. The monoisotopic (exact) mass is 349 g/mol. The molecule has 0 aliphatic carbocycles. The molecule has 0 aliphatic heterocycles. The summed E-state index contributed by atoms with van der Waals surface area (Å²) in [5, 5.41) is 24.8. The Labute approximate surface area is 144 Å². The molecular weight excluding hydrogens is 330 g/mol. The van der Waals surface area contributed by atoms with Gasteiger partial charge >= 0.3 is 5.95 Å². The van der Waals surface area contributed by atoms with Crippen LogP contribution in [0.3, 0.4) is 0 Å². The quantitative estimate of drug-likeness (QED) is 0.458. The van der Waals surface area contributed by atoms with Crippen LogP contribution in [-0.4, -0.2) is 45.7 Å². The van der Waals surface area contributed by atoms with Crippen molar-refractivity contribution in [3.05, 3.63) is 51.5 Å². The number of rotatable bonds is 7. The number of quaternary nitrogens is 1. The van der Waals surface area contributed by atoms with Gasteiger partial charge in [-0.2, -0.15) is 0 Å². The van der Waals surface area contributed by atoms with Crippen molar-refractivity contribution in [3.63, 3.8) is 0 Å². The fourth-order valence-electron chi connectivity index (χ4n) is 2.08. The molecule has 0 bridgehead atoms. The van der Waals surface area contributed by atoms with E-state index >= 15 is 0 Å². The van der Waals surface area contributed by atoms with Gasteiger partial charge < -0.3 is 30.0 Å². The van der Waals surface area contributed by atoms with E-state index in [1.807, 2.05) is 0 Å². The second kappa shape index (κ2) is 7.28. The number of hydroxylamine groups is 3. The maximum atomic E-state index is 11.7. The molecule has 0 atom stereocenters. The van der Waals surface area contributed by atoms with Gasteiger partial charge in [0, 0.05) is 5.69 Å². The smallest absolute Gasteiger partial charge is 0.434 e. The first kappa shape index (κ1) is 18.4. The first-order chi connectivity index (χ1) is 11.7. The van der Waals surface area contributed by atoms with Crippen LogP contribution >= 0.6 is 0 Å². The summed E-state index contributed by atoms with van der Waals surface area (Å²) < 4.78 is 6.20. The van der Waals surface area contributed by atoms with Gasteiger partial charge in [0.1, 0.15) is 18.6 Å². The highest BCUT2D eigenvalue weighted by atomic mass is 16.6. The SMILES string of the molecule is Cn1c(COc2ccc(NC(=O)C[N+](C)(C)[O-])cc2)cnc1[N+](=O)[O-]. The topological polar surface area (TPSA) is 122 Å². The van der Waals surface area contributed by atoms with Crippen molar-refractivity contribution in [1.29, 1.82) is 0 Å². The summed E-state index contributed by atoms with van der Waals surface area (Å²) in [6.07, 6.45) is 1.38. The van der Waals surface area contributed by atoms with E-state index in [9.17, 15) is 20.1 Å². The van der Waals surface area contributed by atoms with Crippen LogP contribution in [-0.2, 0) is 18.4 Å². The Bertz CT molecular complexity index is 764. The lowest BCUT2D eigenvalue weighted by Gasteiger charge is -2.32. The molecule has 134 valence electrons. The number of aromatic nitrogens is 2. The number of nitrogens with one attached hydrogen (secondary N) is 1. The summed E-state index contributed by atoms with van der Waals surface area (Å²) >= 11 is 0. The van der Waals surface area contributed by atoms with E-state index in [4.69, 9.17) is 4.74 Å². The largest absolute Gasteiger partial charge is 0.633 e. The molecule has 2 rings (SSSR count). The van der Waals surface area contributed by atoms with Crippen molar-refractivity contribution in [3.8, 4) is 5.75 Å². The first-order valence-electron chi connectivity index (χ1n) is 7.37. The minimum absolute atomic E-state index is 0.116. The van der Waals surface area contributed by atoms with E-state index in [2.05, 4.69) is 10.3 Å². The van der Waals surface area contributed by atoms with Crippen LogP contribution < -0.4 is 10.1 Å². The number of nitro groups is 1. The second-order valence-electron chi connectivity index (χ2n) is 5.96. The molecular formula is C15H19N5O5. The van der Waals surface area contributed by atoms with Crippen molar-refractivity contribution >= 4 is 17.5 Å². The maximum Gasteiger partial charge on any atom is 0.434 e. The molecule has 10 heteroatoms. The number of amides is 1. The molecule has 25 heavy (non-hydrogen) atoms. The third kappa shape index (κ3) is 5.26. The second-order valence-corrected chi connectivity index (χ2v) is 5.96. The Morgan fingerprint density at radius 1 is 1.36 bits per heavy atom. The van der Waals surface area contributed by atoms with Crippen LogP contribution in [0.2, 0.25) is 0 Å². The Kier molecular flexibility index (Phi) is 5.35. The van der Waals surface area contributed by atoms with Crippen LogP contribution in [0.4, 0.5) is 11.6 Å². The molecule has 0 radical (unpaired) electrons. The lowest BCUT2D eigenvalue weighted by molar-refractivity contribution is -0.831. The zero-order chi connectivity index (χ0) is 18.6. The molecule has 1 amide bonds. The number of ether oxygens (including phenoxy) is 1. The van der Waals surface area contributed by atoms with Crippen LogP contribution in [0.5, 0.6) is 5.75 Å². The predicted molar refractivity (Wildman–Crippen MR) is 89.6 cm³/mol. The fraction of sp³-hybridized carbons (Fsp3) is 0.333. The predicted octanol–water partition coefficient (Wildman–Crippen LogP) is 1.42. The van der Waals surface area contributed by atoms with Gasteiger partial charge in [0.2, 0.25) is 0 Å². The zero-order valence-electron chi connectivity index (χ0n) is 14.1. The normalized spacial score (nSPS) is 11.2. The number of anilines is 1.